The minimum absolute atomic E-state index is 0.0392. The molecule has 0 aliphatic rings. The molecule has 1 aromatic rings. The van der Waals surface area contributed by atoms with Crippen LogP contribution in [0.3, 0.4) is 0 Å². The lowest BCUT2D eigenvalue weighted by atomic mass is 9.99. The molecular formula is C19H33F3N2O3S. The maximum atomic E-state index is 12.5. The quantitative estimate of drug-likeness (QED) is 0.396. The molecule has 0 aliphatic heterocycles. The van der Waals surface area contributed by atoms with Crippen molar-refractivity contribution < 1.29 is 26.3 Å². The highest BCUT2D eigenvalue weighted by Crippen LogP contribution is 2.32. The smallest absolute Gasteiger partial charge is 0.422 e. The lowest BCUT2D eigenvalue weighted by Crippen LogP contribution is -2.21. The van der Waals surface area contributed by atoms with E-state index in [0.29, 0.717) is 5.69 Å². The van der Waals surface area contributed by atoms with Gasteiger partial charge in [-0.15, -0.1) is 0 Å². The molecule has 0 spiro atoms. The van der Waals surface area contributed by atoms with Crippen molar-refractivity contribution in [3.05, 3.63) is 5.69 Å². The molecule has 28 heavy (non-hydrogen) atoms. The van der Waals surface area contributed by atoms with E-state index in [2.05, 4.69) is 11.9 Å². The maximum absolute atomic E-state index is 12.5. The van der Waals surface area contributed by atoms with Gasteiger partial charge in [0.2, 0.25) is 0 Å². The van der Waals surface area contributed by atoms with Crippen LogP contribution in [0.4, 0.5) is 13.2 Å². The summed E-state index contributed by atoms with van der Waals surface area (Å²) in [4.78, 5) is 4.13. The molecule has 0 bridgehead atoms. The number of rotatable bonds is 13. The standard InChI is InChI=1S/C19H33F3N2O3S/c1-5-7-8-9-10-11-12-13-15(3)16-17(28(25,26)6-2)24(4)18(23-16)27-14-19(20,21)22/h15H,5-14H2,1-4H3. The van der Waals surface area contributed by atoms with Gasteiger partial charge >= 0.3 is 6.18 Å². The maximum Gasteiger partial charge on any atom is 0.422 e. The molecule has 0 aromatic carbocycles. The molecule has 0 fully saturated rings. The second kappa shape index (κ2) is 11.1. The normalized spacial score (nSPS) is 13.7. The molecule has 0 N–H and O–H groups in total. The summed E-state index contributed by atoms with van der Waals surface area (Å²) in [6, 6.07) is -0.314. The van der Waals surface area contributed by atoms with Crippen molar-refractivity contribution in [3.8, 4) is 6.01 Å². The van der Waals surface area contributed by atoms with Crippen LogP contribution in [-0.4, -0.2) is 36.5 Å². The van der Waals surface area contributed by atoms with Crippen LogP contribution in [0.2, 0.25) is 0 Å². The second-order valence-corrected chi connectivity index (χ2v) is 9.46. The summed E-state index contributed by atoms with van der Waals surface area (Å²) in [5.41, 5.74) is 0.299. The first-order valence-electron chi connectivity index (χ1n) is 10.0. The Hall–Kier alpha value is -1.25. The Labute approximate surface area is 166 Å². The summed E-state index contributed by atoms with van der Waals surface area (Å²) in [6.07, 6.45) is 4.18. The van der Waals surface area contributed by atoms with Gasteiger partial charge in [0.1, 0.15) is 0 Å². The van der Waals surface area contributed by atoms with Crippen molar-refractivity contribution in [1.82, 2.24) is 9.55 Å². The zero-order valence-electron chi connectivity index (χ0n) is 17.3. The van der Waals surface area contributed by atoms with Crippen molar-refractivity contribution in [1.29, 1.82) is 0 Å². The molecule has 0 saturated carbocycles. The zero-order valence-corrected chi connectivity index (χ0v) is 18.1. The van der Waals surface area contributed by atoms with Gasteiger partial charge in [-0.1, -0.05) is 65.7 Å². The fraction of sp³-hybridized carbons (Fsp3) is 0.842. The molecule has 1 rings (SSSR count). The summed E-state index contributed by atoms with van der Waals surface area (Å²) >= 11 is 0. The Kier molecular flexibility index (Phi) is 9.80. The Morgan fingerprint density at radius 3 is 2.18 bits per heavy atom. The summed E-state index contributed by atoms with van der Waals surface area (Å²) in [5.74, 6) is -0.330. The molecule has 1 aromatic heterocycles. The van der Waals surface area contributed by atoms with Crippen LogP contribution in [0.15, 0.2) is 5.03 Å². The van der Waals surface area contributed by atoms with Crippen LogP contribution in [0.1, 0.15) is 83.7 Å². The number of imidazole rings is 1. The van der Waals surface area contributed by atoms with Crippen LogP contribution in [0.5, 0.6) is 6.01 Å². The zero-order chi connectivity index (χ0) is 21.4. The number of halogens is 3. The average Bonchev–Trinajstić information content (AvgIpc) is 2.96. The summed E-state index contributed by atoms with van der Waals surface area (Å²) in [7, 11) is -2.26. The minimum atomic E-state index is -4.51. The predicted octanol–water partition coefficient (Wildman–Crippen LogP) is 5.40. The number of nitrogens with zero attached hydrogens (tertiary/aromatic N) is 2. The lowest BCUT2D eigenvalue weighted by molar-refractivity contribution is -0.155. The first-order chi connectivity index (χ1) is 13.0. The number of aromatic nitrogens is 2. The van der Waals surface area contributed by atoms with Gasteiger partial charge in [0, 0.05) is 13.0 Å². The molecule has 0 radical (unpaired) electrons. The molecule has 9 heteroatoms. The van der Waals surface area contributed by atoms with Crippen molar-refractivity contribution in [3.63, 3.8) is 0 Å². The van der Waals surface area contributed by atoms with E-state index in [9.17, 15) is 21.6 Å². The van der Waals surface area contributed by atoms with Crippen molar-refractivity contribution in [2.75, 3.05) is 12.4 Å². The van der Waals surface area contributed by atoms with Crippen LogP contribution in [0, 0.1) is 0 Å². The summed E-state index contributed by atoms with van der Waals surface area (Å²) in [5, 5.41) is -0.0392. The van der Waals surface area contributed by atoms with E-state index >= 15 is 0 Å². The van der Waals surface area contributed by atoms with Crippen LogP contribution in [0.25, 0.3) is 0 Å². The molecule has 1 heterocycles. The van der Waals surface area contributed by atoms with Crippen LogP contribution >= 0.6 is 0 Å². The lowest BCUT2D eigenvalue weighted by Gasteiger charge is -2.12. The Balaban J connectivity index is 2.87. The molecule has 0 aliphatic carbocycles. The molecular weight excluding hydrogens is 393 g/mol. The number of hydrogen-bond donors (Lipinski definition) is 0. The van der Waals surface area contributed by atoms with E-state index in [0.717, 1.165) is 30.3 Å². The van der Waals surface area contributed by atoms with Crippen molar-refractivity contribution in [2.45, 2.75) is 89.3 Å². The van der Waals surface area contributed by atoms with Crippen LogP contribution < -0.4 is 4.74 Å². The van der Waals surface area contributed by atoms with Crippen molar-refractivity contribution in [2.24, 2.45) is 7.05 Å². The topological polar surface area (TPSA) is 61.2 Å². The molecule has 0 amide bonds. The predicted molar refractivity (Wildman–Crippen MR) is 104 cm³/mol. The summed E-state index contributed by atoms with van der Waals surface area (Å²) in [6.45, 7) is 4.03. The second-order valence-electron chi connectivity index (χ2n) is 7.26. The number of unbranched alkanes of at least 4 members (excludes halogenated alkanes) is 6. The SMILES string of the molecule is CCCCCCCCCC(C)c1nc(OCC(F)(F)F)n(C)c1S(=O)(=O)CC. The third-order valence-corrected chi connectivity index (χ3v) is 6.61. The molecule has 0 saturated heterocycles. The van der Waals surface area contributed by atoms with E-state index in [4.69, 9.17) is 4.74 Å². The number of ether oxygens (including phenoxy) is 1. The van der Waals surface area contributed by atoms with Gasteiger partial charge < -0.3 is 4.74 Å². The van der Waals surface area contributed by atoms with Gasteiger partial charge in [-0.05, 0) is 6.42 Å². The van der Waals surface area contributed by atoms with E-state index in [-0.39, 0.29) is 22.7 Å². The molecule has 1 unspecified atom stereocenters. The number of sulfone groups is 1. The monoisotopic (exact) mass is 426 g/mol. The fourth-order valence-corrected chi connectivity index (χ4v) is 4.46. The van der Waals surface area contributed by atoms with E-state index in [1.807, 2.05) is 6.92 Å². The molecule has 1 atom stereocenters. The van der Waals surface area contributed by atoms with Gasteiger partial charge in [0.15, 0.2) is 21.5 Å². The van der Waals surface area contributed by atoms with Crippen LogP contribution in [-0.2, 0) is 16.9 Å². The average molecular weight is 427 g/mol. The Morgan fingerprint density at radius 2 is 1.64 bits per heavy atom. The third kappa shape index (κ3) is 7.64. The van der Waals surface area contributed by atoms with Crippen molar-refractivity contribution >= 4 is 9.84 Å². The molecule has 164 valence electrons. The summed E-state index contributed by atoms with van der Waals surface area (Å²) < 4.78 is 68.3. The highest BCUT2D eigenvalue weighted by Gasteiger charge is 2.32. The molecule has 5 nitrogen and oxygen atoms in total. The highest BCUT2D eigenvalue weighted by molar-refractivity contribution is 7.91. The Bertz CT molecular complexity index is 700. The fourth-order valence-electron chi connectivity index (χ4n) is 3.13. The minimum Gasteiger partial charge on any atom is -0.455 e. The first-order valence-corrected chi connectivity index (χ1v) is 11.7. The number of alkyl halides is 3. The van der Waals surface area contributed by atoms with Gasteiger partial charge in [0.25, 0.3) is 6.01 Å². The van der Waals surface area contributed by atoms with Gasteiger partial charge in [-0.25, -0.2) is 8.42 Å². The van der Waals surface area contributed by atoms with E-state index in [1.54, 1.807) is 0 Å². The van der Waals surface area contributed by atoms with E-state index < -0.39 is 22.6 Å². The Morgan fingerprint density at radius 1 is 1.07 bits per heavy atom. The van der Waals surface area contributed by atoms with Gasteiger partial charge in [-0.3, -0.25) is 4.57 Å². The largest absolute Gasteiger partial charge is 0.455 e. The van der Waals surface area contributed by atoms with Gasteiger partial charge in [-0.2, -0.15) is 18.2 Å². The highest BCUT2D eigenvalue weighted by atomic mass is 32.2. The first kappa shape index (κ1) is 24.8. The van der Waals surface area contributed by atoms with Gasteiger partial charge in [0.05, 0.1) is 11.4 Å². The number of hydrogen-bond acceptors (Lipinski definition) is 4. The third-order valence-electron chi connectivity index (χ3n) is 4.77. The van der Waals surface area contributed by atoms with E-state index in [1.165, 1.54) is 39.7 Å².